The molecule has 0 atom stereocenters. The molecule has 80 valence electrons. The van der Waals surface area contributed by atoms with Crippen LogP contribution in [0.25, 0.3) is 0 Å². The van der Waals surface area contributed by atoms with Crippen molar-refractivity contribution in [1.82, 2.24) is 0 Å². The lowest BCUT2D eigenvalue weighted by molar-refractivity contribution is -0.109. The summed E-state index contributed by atoms with van der Waals surface area (Å²) < 4.78 is 23.1. The lowest BCUT2D eigenvalue weighted by atomic mass is 9.98. The van der Waals surface area contributed by atoms with Crippen molar-refractivity contribution in [2.24, 2.45) is 0 Å². The van der Waals surface area contributed by atoms with Gasteiger partial charge in [0.1, 0.15) is 6.29 Å². The van der Waals surface area contributed by atoms with Crippen molar-refractivity contribution in [3.8, 4) is 0 Å². The molecule has 0 radical (unpaired) electrons. The zero-order valence-corrected chi connectivity index (χ0v) is 9.25. The summed E-state index contributed by atoms with van der Waals surface area (Å²) in [6, 6.07) is 6.75. The van der Waals surface area contributed by atoms with Gasteiger partial charge >= 0.3 is 0 Å². The zero-order valence-electron chi connectivity index (χ0n) is 8.43. The van der Waals surface area contributed by atoms with Gasteiger partial charge in [0.2, 0.25) is 0 Å². The fourth-order valence-electron chi connectivity index (χ4n) is 1.79. The van der Waals surface area contributed by atoms with Crippen LogP contribution in [0.5, 0.6) is 0 Å². The fraction of sp³-hybridized carbons (Fsp3) is 0.364. The molecule has 1 aliphatic rings. The van der Waals surface area contributed by atoms with E-state index in [0.717, 1.165) is 19.1 Å². The Morgan fingerprint density at radius 2 is 1.87 bits per heavy atom. The first kappa shape index (κ1) is 10.4. The summed E-state index contributed by atoms with van der Waals surface area (Å²) in [5.74, 6) is 0. The van der Waals surface area contributed by atoms with Gasteiger partial charge in [-0.1, -0.05) is 18.2 Å². The molecule has 1 aromatic rings. The zero-order chi connectivity index (χ0) is 11.1. The molecule has 1 aromatic carbocycles. The number of hydrogen-bond acceptors (Lipinski definition) is 3. The van der Waals surface area contributed by atoms with E-state index in [1.807, 2.05) is 0 Å². The molecule has 1 saturated carbocycles. The molecule has 1 aliphatic carbocycles. The molecule has 0 amide bonds. The molecule has 0 heterocycles. The minimum atomic E-state index is -3.25. The average molecular weight is 224 g/mol. The molecule has 1 fully saturated rings. The molecule has 4 heteroatoms. The molecular weight excluding hydrogens is 212 g/mol. The molecule has 0 aromatic heterocycles. The van der Waals surface area contributed by atoms with Gasteiger partial charge in [0.15, 0.2) is 9.84 Å². The van der Waals surface area contributed by atoms with E-state index in [2.05, 4.69) is 0 Å². The van der Waals surface area contributed by atoms with Crippen molar-refractivity contribution in [2.75, 3.05) is 6.26 Å². The number of rotatable bonds is 3. The van der Waals surface area contributed by atoms with Crippen molar-refractivity contribution >= 4 is 16.1 Å². The van der Waals surface area contributed by atoms with Gasteiger partial charge in [-0.15, -0.1) is 0 Å². The van der Waals surface area contributed by atoms with E-state index in [9.17, 15) is 13.2 Å². The van der Waals surface area contributed by atoms with E-state index in [4.69, 9.17) is 0 Å². The monoisotopic (exact) mass is 224 g/mol. The summed E-state index contributed by atoms with van der Waals surface area (Å²) in [7, 11) is -3.25. The average Bonchev–Trinajstić information content (AvgIpc) is 2.97. The second-order valence-electron chi connectivity index (χ2n) is 4.04. The minimum Gasteiger partial charge on any atom is -0.302 e. The number of carbonyl (C=O) groups is 1. The van der Waals surface area contributed by atoms with Crippen molar-refractivity contribution in [3.63, 3.8) is 0 Å². The van der Waals surface area contributed by atoms with Gasteiger partial charge in [0.25, 0.3) is 0 Å². The third kappa shape index (κ3) is 1.69. The third-order valence-electron chi connectivity index (χ3n) is 2.84. The summed E-state index contributed by atoms with van der Waals surface area (Å²) in [6.07, 6.45) is 3.55. The largest absolute Gasteiger partial charge is 0.302 e. The van der Waals surface area contributed by atoms with Crippen LogP contribution in [-0.2, 0) is 20.0 Å². The summed E-state index contributed by atoms with van der Waals surface area (Å²) >= 11 is 0. The van der Waals surface area contributed by atoms with Crippen molar-refractivity contribution in [2.45, 2.75) is 23.2 Å². The van der Waals surface area contributed by atoms with E-state index in [1.165, 1.54) is 6.26 Å². The Balaban J connectivity index is 2.63. The van der Waals surface area contributed by atoms with Gasteiger partial charge in [-0.3, -0.25) is 0 Å². The lowest BCUT2D eigenvalue weighted by Crippen LogP contribution is -2.13. The number of aldehydes is 1. The van der Waals surface area contributed by atoms with Crippen molar-refractivity contribution < 1.29 is 13.2 Å². The van der Waals surface area contributed by atoms with Gasteiger partial charge in [-0.05, 0) is 24.5 Å². The van der Waals surface area contributed by atoms with Gasteiger partial charge in [0, 0.05) is 6.26 Å². The molecule has 0 spiro atoms. The second-order valence-corrected chi connectivity index (χ2v) is 6.03. The van der Waals surface area contributed by atoms with E-state index >= 15 is 0 Å². The van der Waals surface area contributed by atoms with Crippen LogP contribution >= 0.6 is 0 Å². The molecule has 0 aliphatic heterocycles. The van der Waals surface area contributed by atoms with E-state index in [-0.39, 0.29) is 4.90 Å². The number of benzene rings is 1. The highest BCUT2D eigenvalue weighted by Crippen LogP contribution is 2.48. The van der Waals surface area contributed by atoms with E-state index in [0.29, 0.717) is 5.56 Å². The highest BCUT2D eigenvalue weighted by molar-refractivity contribution is 7.90. The maximum absolute atomic E-state index is 11.5. The molecule has 0 bridgehead atoms. The Morgan fingerprint density at radius 1 is 1.27 bits per heavy atom. The summed E-state index contributed by atoms with van der Waals surface area (Å²) in [6.45, 7) is 0. The Kier molecular flexibility index (Phi) is 2.19. The Morgan fingerprint density at radius 3 is 2.33 bits per heavy atom. The van der Waals surface area contributed by atoms with Crippen LogP contribution in [0.15, 0.2) is 29.2 Å². The molecule has 0 unspecified atom stereocenters. The summed E-state index contributed by atoms with van der Waals surface area (Å²) in [5, 5.41) is 0. The van der Waals surface area contributed by atoms with Crippen LogP contribution in [0.3, 0.4) is 0 Å². The normalized spacial score (nSPS) is 18.5. The van der Waals surface area contributed by atoms with Gasteiger partial charge < -0.3 is 4.79 Å². The summed E-state index contributed by atoms with van der Waals surface area (Å²) in [4.78, 5) is 11.3. The number of carbonyl (C=O) groups excluding carboxylic acids is 1. The Labute approximate surface area is 89.0 Å². The number of sulfone groups is 1. The van der Waals surface area contributed by atoms with Crippen molar-refractivity contribution in [3.05, 3.63) is 29.8 Å². The predicted octanol–water partition coefficient (Wildman–Crippen LogP) is 1.32. The molecular formula is C11H12O3S. The van der Waals surface area contributed by atoms with Crippen LogP contribution in [0.2, 0.25) is 0 Å². The molecule has 2 rings (SSSR count). The maximum atomic E-state index is 11.5. The van der Waals surface area contributed by atoms with Crippen LogP contribution < -0.4 is 0 Å². The standard InChI is InChI=1S/C11H12O3S/c1-15(13,14)10-5-3-2-4-9(10)11(8-12)6-7-11/h2-5,8H,6-7H2,1H3. The first-order valence-corrected chi connectivity index (χ1v) is 6.65. The van der Waals surface area contributed by atoms with Crippen molar-refractivity contribution in [1.29, 1.82) is 0 Å². The van der Waals surface area contributed by atoms with Crippen LogP contribution in [0.4, 0.5) is 0 Å². The number of hydrogen-bond donors (Lipinski definition) is 0. The highest BCUT2D eigenvalue weighted by atomic mass is 32.2. The highest BCUT2D eigenvalue weighted by Gasteiger charge is 2.46. The SMILES string of the molecule is CS(=O)(=O)c1ccccc1C1(C=O)CC1. The van der Waals surface area contributed by atoms with Gasteiger partial charge in [0.05, 0.1) is 10.3 Å². The smallest absolute Gasteiger partial charge is 0.175 e. The van der Waals surface area contributed by atoms with Gasteiger partial charge in [-0.2, -0.15) is 0 Å². The Hall–Kier alpha value is -1.16. The minimum absolute atomic E-state index is 0.287. The third-order valence-corrected chi connectivity index (χ3v) is 3.99. The fourth-order valence-corrected chi connectivity index (χ4v) is 2.78. The first-order chi connectivity index (χ1) is 6.99. The van der Waals surface area contributed by atoms with Gasteiger partial charge in [-0.25, -0.2) is 8.42 Å². The van der Waals surface area contributed by atoms with E-state index < -0.39 is 15.3 Å². The maximum Gasteiger partial charge on any atom is 0.175 e. The predicted molar refractivity (Wildman–Crippen MR) is 56.5 cm³/mol. The molecule has 15 heavy (non-hydrogen) atoms. The topological polar surface area (TPSA) is 51.2 Å². The van der Waals surface area contributed by atoms with Crippen LogP contribution in [0.1, 0.15) is 18.4 Å². The first-order valence-electron chi connectivity index (χ1n) is 4.75. The van der Waals surface area contributed by atoms with Crippen LogP contribution in [0, 0.1) is 0 Å². The van der Waals surface area contributed by atoms with E-state index in [1.54, 1.807) is 24.3 Å². The molecule has 3 nitrogen and oxygen atoms in total. The molecule has 0 N–H and O–H groups in total. The Bertz CT molecular complexity index is 498. The second kappa shape index (κ2) is 3.17. The van der Waals surface area contributed by atoms with Crippen LogP contribution in [-0.4, -0.2) is 21.0 Å². The summed E-state index contributed by atoms with van der Waals surface area (Å²) in [5.41, 5.74) is 0.127. The molecule has 0 saturated heterocycles. The lowest BCUT2D eigenvalue weighted by Gasteiger charge is -2.12. The quantitative estimate of drug-likeness (QED) is 0.728.